The minimum atomic E-state index is -0.333. The molecular weight excluding hydrogens is 242 g/mol. The lowest BCUT2D eigenvalue weighted by Gasteiger charge is -1.97. The predicted octanol–water partition coefficient (Wildman–Crippen LogP) is 2.03. The van der Waals surface area contributed by atoms with Crippen LogP contribution < -0.4 is 5.56 Å². The van der Waals surface area contributed by atoms with E-state index in [1.54, 1.807) is 6.20 Å². The first-order valence-corrected chi connectivity index (χ1v) is 5.65. The van der Waals surface area contributed by atoms with Gasteiger partial charge < -0.3 is 4.98 Å². The molecule has 2 heterocycles. The molecule has 0 aliphatic rings. The number of aromatic nitrogens is 3. The molecule has 0 unspecified atom stereocenters. The summed E-state index contributed by atoms with van der Waals surface area (Å²) < 4.78 is 0.810. The van der Waals surface area contributed by atoms with Crippen LogP contribution in [-0.2, 0) is 0 Å². The molecule has 0 spiro atoms. The number of H-pyrrole nitrogens is 1. The largest absolute Gasteiger partial charge is 0.312 e. The molecule has 0 aliphatic carbocycles. The van der Waals surface area contributed by atoms with Gasteiger partial charge in [0.1, 0.15) is 10.0 Å². The van der Waals surface area contributed by atoms with Crippen molar-refractivity contribution in [3.8, 4) is 0 Å². The zero-order valence-corrected chi connectivity index (χ0v) is 9.12. The van der Waals surface area contributed by atoms with Crippen molar-refractivity contribution in [2.24, 2.45) is 0 Å². The van der Waals surface area contributed by atoms with Gasteiger partial charge in [-0.2, -0.15) is 0 Å². The maximum Gasteiger partial charge on any atom is 0.270 e. The Morgan fingerprint density at radius 1 is 1.50 bits per heavy atom. The lowest BCUT2D eigenvalue weighted by molar-refractivity contribution is 1.01. The molecule has 0 saturated carbocycles. The highest BCUT2D eigenvalue weighted by Crippen LogP contribution is 2.30. The van der Waals surface area contributed by atoms with Crippen LogP contribution in [0, 0.1) is 0 Å². The molecule has 2 aromatic rings. The zero-order valence-electron chi connectivity index (χ0n) is 6.73. The van der Waals surface area contributed by atoms with E-state index in [1.807, 2.05) is 5.38 Å². The first-order chi connectivity index (χ1) is 6.77. The van der Waals surface area contributed by atoms with Gasteiger partial charge in [-0.05, 0) is 11.8 Å². The molecule has 4 nitrogen and oxygen atoms in total. The lowest BCUT2D eigenvalue weighted by Crippen LogP contribution is -2.07. The van der Waals surface area contributed by atoms with E-state index >= 15 is 0 Å². The van der Waals surface area contributed by atoms with E-state index < -0.39 is 0 Å². The van der Waals surface area contributed by atoms with Gasteiger partial charge in [0.05, 0.1) is 6.33 Å². The molecule has 0 bridgehead atoms. The van der Waals surface area contributed by atoms with Crippen LogP contribution in [0.2, 0.25) is 5.02 Å². The quantitative estimate of drug-likeness (QED) is 0.823. The fourth-order valence-corrected chi connectivity index (χ4v) is 2.52. The van der Waals surface area contributed by atoms with Crippen molar-refractivity contribution in [2.75, 3.05) is 0 Å². The number of rotatable bonds is 2. The van der Waals surface area contributed by atoms with E-state index in [-0.39, 0.29) is 10.6 Å². The molecule has 0 fully saturated rings. The van der Waals surface area contributed by atoms with E-state index in [9.17, 15) is 4.79 Å². The van der Waals surface area contributed by atoms with Gasteiger partial charge in [0.25, 0.3) is 5.56 Å². The van der Waals surface area contributed by atoms with Gasteiger partial charge in [-0.25, -0.2) is 9.97 Å². The summed E-state index contributed by atoms with van der Waals surface area (Å²) in [5.74, 6) is 0. The van der Waals surface area contributed by atoms with Crippen LogP contribution in [-0.4, -0.2) is 15.0 Å². The highest BCUT2D eigenvalue weighted by Gasteiger charge is 2.08. The summed E-state index contributed by atoms with van der Waals surface area (Å²) in [7, 11) is 0. The Bertz CT molecular complexity index is 482. The van der Waals surface area contributed by atoms with E-state index in [1.165, 1.54) is 29.4 Å². The summed E-state index contributed by atoms with van der Waals surface area (Å²) in [5.41, 5.74) is -0.333. The normalized spacial score (nSPS) is 10.4. The molecule has 2 rings (SSSR count). The summed E-state index contributed by atoms with van der Waals surface area (Å²) in [6.45, 7) is 0. The second-order valence-electron chi connectivity index (χ2n) is 2.25. The minimum Gasteiger partial charge on any atom is -0.312 e. The van der Waals surface area contributed by atoms with Crippen molar-refractivity contribution >= 4 is 34.7 Å². The van der Waals surface area contributed by atoms with Crippen molar-refractivity contribution in [2.45, 2.75) is 9.37 Å². The van der Waals surface area contributed by atoms with E-state index in [2.05, 4.69) is 15.0 Å². The molecule has 0 saturated heterocycles. The van der Waals surface area contributed by atoms with Crippen molar-refractivity contribution < 1.29 is 0 Å². The van der Waals surface area contributed by atoms with Crippen molar-refractivity contribution in [3.05, 3.63) is 33.3 Å². The molecule has 1 N–H and O–H groups in total. The number of hydrogen-bond donors (Lipinski definition) is 1. The maximum absolute atomic E-state index is 11.1. The molecular formula is C7H4ClN3OS2. The molecule has 72 valence electrons. The summed E-state index contributed by atoms with van der Waals surface area (Å²) in [4.78, 5) is 21.5. The molecule has 0 atom stereocenters. The summed E-state index contributed by atoms with van der Waals surface area (Å²) in [5, 5.41) is 2.43. The van der Waals surface area contributed by atoms with Gasteiger partial charge in [0.15, 0.2) is 4.34 Å². The maximum atomic E-state index is 11.1. The molecule has 2 aromatic heterocycles. The van der Waals surface area contributed by atoms with Crippen molar-refractivity contribution in [1.29, 1.82) is 0 Å². The highest BCUT2D eigenvalue weighted by atomic mass is 35.5. The standard InChI is InChI=1S/C7H4ClN3OS2/c8-4-5(12)10-3-11-6(4)14-7-9-1-2-13-7/h1-3H,(H,10,11,12). The number of halogens is 1. The van der Waals surface area contributed by atoms with Crippen LogP contribution in [0.3, 0.4) is 0 Å². The average molecular weight is 246 g/mol. The molecule has 7 heteroatoms. The second-order valence-corrected chi connectivity index (χ2v) is 4.76. The molecule has 0 aromatic carbocycles. The highest BCUT2D eigenvalue weighted by molar-refractivity contribution is 8.01. The topological polar surface area (TPSA) is 58.6 Å². The van der Waals surface area contributed by atoms with E-state index in [0.29, 0.717) is 5.03 Å². The van der Waals surface area contributed by atoms with Crippen LogP contribution in [0.15, 0.2) is 32.1 Å². The smallest absolute Gasteiger partial charge is 0.270 e. The van der Waals surface area contributed by atoms with Crippen LogP contribution >= 0.6 is 34.7 Å². The van der Waals surface area contributed by atoms with Gasteiger partial charge in [-0.15, -0.1) is 11.3 Å². The Kier molecular flexibility index (Phi) is 2.85. The number of aromatic amines is 1. The number of thiazole rings is 1. The van der Waals surface area contributed by atoms with Crippen molar-refractivity contribution in [1.82, 2.24) is 15.0 Å². The Labute approximate surface area is 92.4 Å². The number of hydrogen-bond acceptors (Lipinski definition) is 5. The Morgan fingerprint density at radius 3 is 3.07 bits per heavy atom. The van der Waals surface area contributed by atoms with Gasteiger partial charge in [0.2, 0.25) is 0 Å². The Morgan fingerprint density at radius 2 is 2.36 bits per heavy atom. The first kappa shape index (κ1) is 9.70. The third kappa shape index (κ3) is 1.97. The third-order valence-corrected chi connectivity index (χ3v) is 3.71. The molecule has 0 radical (unpaired) electrons. The molecule has 14 heavy (non-hydrogen) atoms. The van der Waals surface area contributed by atoms with E-state index in [4.69, 9.17) is 11.6 Å². The molecule has 0 aliphatic heterocycles. The molecule has 0 amide bonds. The lowest BCUT2D eigenvalue weighted by atomic mass is 10.7. The van der Waals surface area contributed by atoms with Crippen LogP contribution in [0.25, 0.3) is 0 Å². The first-order valence-electron chi connectivity index (χ1n) is 3.58. The summed E-state index contributed by atoms with van der Waals surface area (Å²) >= 11 is 8.51. The second kappa shape index (κ2) is 4.12. The van der Waals surface area contributed by atoms with E-state index in [0.717, 1.165) is 4.34 Å². The monoisotopic (exact) mass is 245 g/mol. The van der Waals surface area contributed by atoms with Crippen molar-refractivity contribution in [3.63, 3.8) is 0 Å². The van der Waals surface area contributed by atoms with Gasteiger partial charge in [-0.1, -0.05) is 11.6 Å². The van der Waals surface area contributed by atoms with Gasteiger partial charge in [-0.3, -0.25) is 4.79 Å². The summed E-state index contributed by atoms with van der Waals surface area (Å²) in [6, 6.07) is 0. The summed E-state index contributed by atoms with van der Waals surface area (Å²) in [6.07, 6.45) is 3.01. The van der Waals surface area contributed by atoms with Crippen LogP contribution in [0.4, 0.5) is 0 Å². The number of nitrogens with zero attached hydrogens (tertiary/aromatic N) is 2. The van der Waals surface area contributed by atoms with Crippen LogP contribution in [0.5, 0.6) is 0 Å². The average Bonchev–Trinajstić information content (AvgIpc) is 2.66. The fraction of sp³-hybridized carbons (Fsp3) is 0. The Balaban J connectivity index is 2.34. The fourth-order valence-electron chi connectivity index (χ4n) is 0.781. The zero-order chi connectivity index (χ0) is 9.97. The minimum absolute atomic E-state index is 0.104. The van der Waals surface area contributed by atoms with Gasteiger partial charge >= 0.3 is 0 Å². The van der Waals surface area contributed by atoms with Gasteiger partial charge in [0, 0.05) is 11.6 Å². The third-order valence-electron chi connectivity index (χ3n) is 1.36. The Hall–Kier alpha value is -0.850. The SMILES string of the molecule is O=c1[nH]cnc(Sc2nccs2)c1Cl. The predicted molar refractivity (Wildman–Crippen MR) is 56.1 cm³/mol. The van der Waals surface area contributed by atoms with Crippen LogP contribution in [0.1, 0.15) is 0 Å². The number of nitrogens with one attached hydrogen (secondary N) is 1.